The normalized spacial score (nSPS) is 13.1. The molecule has 0 heterocycles. The van der Waals surface area contributed by atoms with Gasteiger partial charge in [0.05, 0.1) is 0 Å². The van der Waals surface area contributed by atoms with Crippen molar-refractivity contribution >= 4 is 0 Å². The Morgan fingerprint density at radius 3 is 2.24 bits per heavy atom. The molecule has 1 aromatic carbocycles. The summed E-state index contributed by atoms with van der Waals surface area (Å²) in [5.74, 6) is -1.44. The summed E-state index contributed by atoms with van der Waals surface area (Å²) in [6.45, 7) is -0.645. The Morgan fingerprint density at radius 1 is 1.12 bits per heavy atom. The van der Waals surface area contributed by atoms with Crippen molar-refractivity contribution in [1.82, 2.24) is 0 Å². The summed E-state index contributed by atoms with van der Waals surface area (Å²) in [6.07, 6.45) is -2.31. The van der Waals surface area contributed by atoms with E-state index in [4.69, 9.17) is 5.73 Å². The quantitative estimate of drug-likeness (QED) is 0.623. The molecule has 6 heteroatoms. The lowest BCUT2D eigenvalue weighted by atomic mass is 10.0. The fourth-order valence-corrected chi connectivity index (χ4v) is 1.34. The molecule has 0 aliphatic heterocycles. The summed E-state index contributed by atoms with van der Waals surface area (Å²) in [5.41, 5.74) is 5.93. The molecule has 2 N–H and O–H groups in total. The van der Waals surface area contributed by atoms with Crippen LogP contribution >= 0.6 is 0 Å². The van der Waals surface area contributed by atoms with Crippen LogP contribution in [0, 0.1) is 11.6 Å². The molecule has 0 bridgehead atoms. The van der Waals surface area contributed by atoms with Crippen LogP contribution < -0.4 is 5.73 Å². The number of ether oxygens (including phenoxy) is 1. The van der Waals surface area contributed by atoms with Gasteiger partial charge in [-0.3, -0.25) is 0 Å². The lowest BCUT2D eigenvalue weighted by Crippen LogP contribution is -2.15. The van der Waals surface area contributed by atoms with E-state index < -0.39 is 30.7 Å². The fourth-order valence-electron chi connectivity index (χ4n) is 1.34. The van der Waals surface area contributed by atoms with Gasteiger partial charge in [-0.05, 0) is 24.1 Å². The van der Waals surface area contributed by atoms with E-state index in [-0.39, 0.29) is 18.6 Å². The lowest BCUT2D eigenvalue weighted by molar-refractivity contribution is 0.0152. The Morgan fingerprint density at radius 2 is 1.71 bits per heavy atom. The summed E-state index contributed by atoms with van der Waals surface area (Å²) in [6, 6.07) is 2.32. The van der Waals surface area contributed by atoms with E-state index in [0.29, 0.717) is 0 Å². The molecule has 2 nitrogen and oxygen atoms in total. The summed E-state index contributed by atoms with van der Waals surface area (Å²) < 4.78 is 53.8. The Labute approximate surface area is 96.4 Å². The Hall–Kier alpha value is -1.14. The van der Waals surface area contributed by atoms with E-state index in [0.717, 1.165) is 18.2 Å². The molecular formula is C11H13F4NO. The van der Waals surface area contributed by atoms with Crippen LogP contribution in [0.4, 0.5) is 17.6 Å². The first-order valence-electron chi connectivity index (χ1n) is 5.06. The molecule has 1 rings (SSSR count). The Bertz CT molecular complexity index is 339. The van der Waals surface area contributed by atoms with Crippen molar-refractivity contribution in [2.24, 2.45) is 5.73 Å². The van der Waals surface area contributed by atoms with Gasteiger partial charge in [-0.25, -0.2) is 17.6 Å². The van der Waals surface area contributed by atoms with Crippen LogP contribution in [0.5, 0.6) is 0 Å². The molecule has 0 aliphatic rings. The molecule has 1 unspecified atom stereocenters. The smallest absolute Gasteiger partial charge is 0.261 e. The predicted molar refractivity (Wildman–Crippen MR) is 54.7 cm³/mol. The first-order chi connectivity index (χ1) is 7.99. The van der Waals surface area contributed by atoms with Crippen molar-refractivity contribution in [1.29, 1.82) is 0 Å². The molecule has 0 radical (unpaired) electrons. The Kier molecular flexibility index (Phi) is 5.37. The SMILES string of the molecule is NC(CCOCC(F)F)c1cc(F)cc(F)c1. The van der Waals surface area contributed by atoms with Crippen LogP contribution in [0.15, 0.2) is 18.2 Å². The summed E-state index contributed by atoms with van der Waals surface area (Å²) in [4.78, 5) is 0. The lowest BCUT2D eigenvalue weighted by Gasteiger charge is -2.12. The van der Waals surface area contributed by atoms with Gasteiger partial charge in [0.25, 0.3) is 6.43 Å². The third-order valence-electron chi connectivity index (χ3n) is 2.13. The van der Waals surface area contributed by atoms with Gasteiger partial charge in [0, 0.05) is 18.7 Å². The van der Waals surface area contributed by atoms with Gasteiger partial charge in [-0.1, -0.05) is 0 Å². The number of hydrogen-bond acceptors (Lipinski definition) is 2. The van der Waals surface area contributed by atoms with Crippen LogP contribution in [-0.4, -0.2) is 19.6 Å². The number of benzene rings is 1. The molecule has 0 spiro atoms. The second-order valence-corrected chi connectivity index (χ2v) is 3.56. The van der Waals surface area contributed by atoms with E-state index in [2.05, 4.69) is 4.74 Å². The zero-order valence-corrected chi connectivity index (χ0v) is 9.01. The standard InChI is InChI=1S/C11H13F4NO/c12-8-3-7(4-9(13)5-8)10(16)1-2-17-6-11(14)15/h3-5,10-11H,1-2,6,16H2. The van der Waals surface area contributed by atoms with Crippen molar-refractivity contribution in [3.63, 3.8) is 0 Å². The maximum atomic E-state index is 12.9. The molecule has 17 heavy (non-hydrogen) atoms. The van der Waals surface area contributed by atoms with Gasteiger partial charge in [0.15, 0.2) is 0 Å². The van der Waals surface area contributed by atoms with Gasteiger partial charge in [0.2, 0.25) is 0 Å². The topological polar surface area (TPSA) is 35.2 Å². The van der Waals surface area contributed by atoms with Crippen molar-refractivity contribution in [2.45, 2.75) is 18.9 Å². The molecule has 0 aliphatic carbocycles. The molecule has 0 fully saturated rings. The number of halogens is 4. The molecule has 1 aromatic rings. The zero-order valence-electron chi connectivity index (χ0n) is 9.01. The van der Waals surface area contributed by atoms with E-state index in [1.165, 1.54) is 0 Å². The third kappa shape index (κ3) is 5.14. The molecule has 0 saturated carbocycles. The largest absolute Gasteiger partial charge is 0.375 e. The molecule has 0 saturated heterocycles. The zero-order chi connectivity index (χ0) is 12.8. The van der Waals surface area contributed by atoms with Gasteiger partial charge in [0.1, 0.15) is 18.2 Å². The fraction of sp³-hybridized carbons (Fsp3) is 0.455. The van der Waals surface area contributed by atoms with Crippen LogP contribution in [0.3, 0.4) is 0 Å². The van der Waals surface area contributed by atoms with E-state index in [1.807, 2.05) is 0 Å². The van der Waals surface area contributed by atoms with Crippen molar-refractivity contribution in [2.75, 3.05) is 13.2 Å². The number of hydrogen-bond donors (Lipinski definition) is 1. The highest BCUT2D eigenvalue weighted by Gasteiger charge is 2.10. The van der Waals surface area contributed by atoms with Gasteiger partial charge in [-0.15, -0.1) is 0 Å². The van der Waals surface area contributed by atoms with Crippen molar-refractivity contribution in [3.05, 3.63) is 35.4 Å². The maximum Gasteiger partial charge on any atom is 0.261 e. The molecular weight excluding hydrogens is 238 g/mol. The predicted octanol–water partition coefficient (Wildman–Crippen LogP) is 2.64. The number of alkyl halides is 2. The third-order valence-corrected chi connectivity index (χ3v) is 2.13. The molecule has 0 amide bonds. The average Bonchev–Trinajstić information content (AvgIpc) is 2.22. The maximum absolute atomic E-state index is 12.9. The monoisotopic (exact) mass is 251 g/mol. The average molecular weight is 251 g/mol. The molecule has 96 valence electrons. The van der Waals surface area contributed by atoms with Gasteiger partial charge >= 0.3 is 0 Å². The summed E-state index contributed by atoms with van der Waals surface area (Å²) >= 11 is 0. The summed E-state index contributed by atoms with van der Waals surface area (Å²) in [7, 11) is 0. The van der Waals surface area contributed by atoms with Crippen molar-refractivity contribution < 1.29 is 22.3 Å². The number of rotatable bonds is 6. The van der Waals surface area contributed by atoms with Crippen LogP contribution in [0.1, 0.15) is 18.0 Å². The minimum Gasteiger partial charge on any atom is -0.375 e. The minimum atomic E-state index is -2.53. The highest BCUT2D eigenvalue weighted by molar-refractivity contribution is 5.20. The first kappa shape index (κ1) is 13.9. The highest BCUT2D eigenvalue weighted by atomic mass is 19.3. The van der Waals surface area contributed by atoms with E-state index in [9.17, 15) is 17.6 Å². The molecule has 1 atom stereocenters. The highest BCUT2D eigenvalue weighted by Crippen LogP contribution is 2.17. The van der Waals surface area contributed by atoms with Crippen LogP contribution in [-0.2, 0) is 4.74 Å². The minimum absolute atomic E-state index is 0.0175. The summed E-state index contributed by atoms with van der Waals surface area (Å²) in [5, 5.41) is 0. The van der Waals surface area contributed by atoms with Gasteiger partial charge < -0.3 is 10.5 Å². The van der Waals surface area contributed by atoms with Crippen molar-refractivity contribution in [3.8, 4) is 0 Å². The molecule has 0 aromatic heterocycles. The second-order valence-electron chi connectivity index (χ2n) is 3.56. The second kappa shape index (κ2) is 6.56. The number of nitrogens with two attached hydrogens (primary N) is 1. The van der Waals surface area contributed by atoms with Crippen LogP contribution in [0.25, 0.3) is 0 Å². The Balaban J connectivity index is 2.43. The van der Waals surface area contributed by atoms with Crippen LogP contribution in [0.2, 0.25) is 0 Å². The van der Waals surface area contributed by atoms with E-state index >= 15 is 0 Å². The van der Waals surface area contributed by atoms with Gasteiger partial charge in [-0.2, -0.15) is 0 Å². The first-order valence-corrected chi connectivity index (χ1v) is 5.06. The van der Waals surface area contributed by atoms with E-state index in [1.54, 1.807) is 0 Å².